The number of thiazole rings is 1. The Kier molecular flexibility index (Phi) is 4.12. The summed E-state index contributed by atoms with van der Waals surface area (Å²) < 4.78 is 11.0. The number of cyclic esters (lactones) is 1. The van der Waals surface area contributed by atoms with E-state index >= 15 is 0 Å². The summed E-state index contributed by atoms with van der Waals surface area (Å²) in [5.74, 6) is 1.56. The van der Waals surface area contributed by atoms with Crippen LogP contribution in [-0.4, -0.2) is 23.2 Å². The first kappa shape index (κ1) is 16.6. The maximum absolute atomic E-state index is 12.0. The van der Waals surface area contributed by atoms with Crippen molar-refractivity contribution in [2.24, 2.45) is 0 Å². The van der Waals surface area contributed by atoms with Crippen LogP contribution in [0.2, 0.25) is 0 Å². The molecular weight excluding hydrogens is 348 g/mol. The Labute approximate surface area is 155 Å². The minimum atomic E-state index is -0.389. The van der Waals surface area contributed by atoms with Crippen molar-refractivity contribution in [3.63, 3.8) is 0 Å². The molecule has 6 heteroatoms. The molecule has 4 rings (SSSR count). The molecule has 0 bridgehead atoms. The average molecular weight is 366 g/mol. The minimum Gasteiger partial charge on any atom is -0.457 e. The fourth-order valence-electron chi connectivity index (χ4n) is 2.77. The first-order chi connectivity index (χ1) is 12.5. The molecule has 132 valence electrons. The van der Waals surface area contributed by atoms with Gasteiger partial charge < -0.3 is 9.47 Å². The highest BCUT2D eigenvalue weighted by Crippen LogP contribution is 2.35. The molecule has 1 saturated heterocycles. The Balaban J connectivity index is 1.54. The number of para-hydroxylation sites is 1. The second-order valence-electron chi connectivity index (χ2n) is 6.66. The highest BCUT2D eigenvalue weighted by molar-refractivity contribution is 7.14. The van der Waals surface area contributed by atoms with Gasteiger partial charge in [0.1, 0.15) is 18.1 Å². The summed E-state index contributed by atoms with van der Waals surface area (Å²) in [7, 11) is 0. The Morgan fingerprint density at radius 2 is 1.77 bits per heavy atom. The van der Waals surface area contributed by atoms with Gasteiger partial charge >= 0.3 is 6.09 Å². The second-order valence-corrected chi connectivity index (χ2v) is 7.49. The van der Waals surface area contributed by atoms with Gasteiger partial charge in [-0.05, 0) is 50.2 Å². The van der Waals surface area contributed by atoms with Crippen molar-refractivity contribution in [2.75, 3.05) is 11.5 Å². The maximum Gasteiger partial charge on any atom is 0.416 e. The lowest BCUT2D eigenvalue weighted by molar-refractivity contribution is 0.175. The summed E-state index contributed by atoms with van der Waals surface area (Å²) in [6.07, 6.45) is -0.345. The number of anilines is 1. The third kappa shape index (κ3) is 3.15. The summed E-state index contributed by atoms with van der Waals surface area (Å²) in [6.45, 7) is 4.30. The lowest BCUT2D eigenvalue weighted by Gasteiger charge is -2.24. The Morgan fingerprint density at radius 1 is 1.08 bits per heavy atom. The van der Waals surface area contributed by atoms with Crippen molar-refractivity contribution in [2.45, 2.75) is 19.4 Å². The summed E-state index contributed by atoms with van der Waals surface area (Å²) in [5, 5.41) is 2.60. The van der Waals surface area contributed by atoms with Gasteiger partial charge in [-0.2, -0.15) is 0 Å². The predicted molar refractivity (Wildman–Crippen MR) is 102 cm³/mol. The van der Waals surface area contributed by atoms with E-state index in [4.69, 9.17) is 9.47 Å². The molecular formula is C20H18N2O3S. The van der Waals surface area contributed by atoms with Gasteiger partial charge in [-0.25, -0.2) is 14.7 Å². The summed E-state index contributed by atoms with van der Waals surface area (Å²) >= 11 is 1.44. The fourth-order valence-corrected chi connectivity index (χ4v) is 3.75. The van der Waals surface area contributed by atoms with E-state index in [2.05, 4.69) is 4.98 Å². The number of carbonyl (C=O) groups excluding carboxylic acids is 1. The number of carbonyl (C=O) groups is 1. The van der Waals surface area contributed by atoms with E-state index in [0.717, 1.165) is 22.8 Å². The highest BCUT2D eigenvalue weighted by Gasteiger charge is 2.42. The van der Waals surface area contributed by atoms with Crippen LogP contribution in [0.15, 0.2) is 60.0 Å². The van der Waals surface area contributed by atoms with Crippen molar-refractivity contribution in [3.8, 4) is 22.8 Å². The number of benzene rings is 2. The summed E-state index contributed by atoms with van der Waals surface area (Å²) in [5.41, 5.74) is 1.41. The Morgan fingerprint density at radius 3 is 2.42 bits per heavy atom. The second kappa shape index (κ2) is 6.46. The lowest BCUT2D eigenvalue weighted by atomic mass is 10.1. The zero-order valence-electron chi connectivity index (χ0n) is 14.5. The van der Waals surface area contributed by atoms with Crippen molar-refractivity contribution in [3.05, 3.63) is 60.0 Å². The van der Waals surface area contributed by atoms with Gasteiger partial charge in [0.05, 0.1) is 11.2 Å². The van der Waals surface area contributed by atoms with Crippen LogP contribution >= 0.6 is 11.3 Å². The number of aromatic nitrogens is 1. The maximum atomic E-state index is 12.0. The number of ether oxygens (including phenoxy) is 2. The van der Waals surface area contributed by atoms with Crippen LogP contribution in [-0.2, 0) is 4.74 Å². The van der Waals surface area contributed by atoms with E-state index in [1.807, 2.05) is 73.8 Å². The molecule has 5 nitrogen and oxygen atoms in total. The zero-order chi connectivity index (χ0) is 18.1. The molecule has 3 aromatic rings. The molecule has 1 amide bonds. The molecule has 1 aromatic heterocycles. The van der Waals surface area contributed by atoms with Crippen LogP contribution in [0.4, 0.5) is 9.93 Å². The van der Waals surface area contributed by atoms with Crippen molar-refractivity contribution in [1.29, 1.82) is 0 Å². The number of nitrogens with zero attached hydrogens (tertiary/aromatic N) is 2. The number of hydrogen-bond donors (Lipinski definition) is 0. The molecule has 0 radical (unpaired) electrons. The van der Waals surface area contributed by atoms with Gasteiger partial charge in [0.2, 0.25) is 0 Å². The third-order valence-corrected chi connectivity index (χ3v) is 4.97. The molecule has 0 N–H and O–H groups in total. The summed E-state index contributed by atoms with van der Waals surface area (Å²) in [6, 6.07) is 17.4. The van der Waals surface area contributed by atoms with E-state index in [1.165, 1.54) is 11.3 Å². The SMILES string of the molecule is CC1(C)COC(=O)N1c1nc(-c2ccc(Oc3ccccc3)cc2)cs1. The zero-order valence-corrected chi connectivity index (χ0v) is 15.3. The topological polar surface area (TPSA) is 51.7 Å². The Bertz CT molecular complexity index is 920. The van der Waals surface area contributed by atoms with Crippen LogP contribution in [0, 0.1) is 0 Å². The van der Waals surface area contributed by atoms with E-state index in [0.29, 0.717) is 11.7 Å². The quantitative estimate of drug-likeness (QED) is 0.625. The van der Waals surface area contributed by atoms with Crippen molar-refractivity contribution in [1.82, 2.24) is 4.98 Å². The van der Waals surface area contributed by atoms with Crippen LogP contribution in [0.1, 0.15) is 13.8 Å². The monoisotopic (exact) mass is 366 g/mol. The number of amides is 1. The van der Waals surface area contributed by atoms with Crippen LogP contribution in [0.5, 0.6) is 11.5 Å². The van der Waals surface area contributed by atoms with Crippen LogP contribution < -0.4 is 9.64 Å². The lowest BCUT2D eigenvalue weighted by Crippen LogP contribution is -2.42. The molecule has 0 atom stereocenters. The molecule has 0 spiro atoms. The van der Waals surface area contributed by atoms with Gasteiger partial charge in [0.25, 0.3) is 0 Å². The van der Waals surface area contributed by atoms with Crippen LogP contribution in [0.3, 0.4) is 0 Å². The van der Waals surface area contributed by atoms with E-state index in [-0.39, 0.29) is 11.6 Å². The summed E-state index contributed by atoms with van der Waals surface area (Å²) in [4.78, 5) is 18.3. The standard InChI is InChI=1S/C20H18N2O3S/c1-20(2)13-24-19(23)22(20)18-21-17(12-26-18)14-8-10-16(11-9-14)25-15-6-4-3-5-7-15/h3-12H,13H2,1-2H3. The molecule has 1 fully saturated rings. The predicted octanol–water partition coefficient (Wildman–Crippen LogP) is 5.34. The van der Waals surface area contributed by atoms with Gasteiger partial charge in [-0.1, -0.05) is 18.2 Å². The Hall–Kier alpha value is -2.86. The van der Waals surface area contributed by atoms with E-state index in [1.54, 1.807) is 4.90 Å². The molecule has 2 aromatic carbocycles. The average Bonchev–Trinajstić information content (AvgIpc) is 3.20. The van der Waals surface area contributed by atoms with Crippen molar-refractivity contribution < 1.29 is 14.3 Å². The third-order valence-electron chi connectivity index (χ3n) is 4.15. The molecule has 1 aliphatic rings. The van der Waals surface area contributed by atoms with Gasteiger partial charge in [0, 0.05) is 10.9 Å². The molecule has 2 heterocycles. The molecule has 0 unspecified atom stereocenters. The first-order valence-electron chi connectivity index (χ1n) is 8.29. The first-order valence-corrected chi connectivity index (χ1v) is 9.17. The molecule has 0 saturated carbocycles. The molecule has 26 heavy (non-hydrogen) atoms. The minimum absolute atomic E-state index is 0.345. The van der Waals surface area contributed by atoms with Gasteiger partial charge in [-0.3, -0.25) is 0 Å². The highest BCUT2D eigenvalue weighted by atomic mass is 32.1. The van der Waals surface area contributed by atoms with Crippen molar-refractivity contribution >= 4 is 22.6 Å². The van der Waals surface area contributed by atoms with Gasteiger partial charge in [0.15, 0.2) is 5.13 Å². The fraction of sp³-hybridized carbons (Fsp3) is 0.200. The largest absolute Gasteiger partial charge is 0.457 e. The molecule has 1 aliphatic heterocycles. The molecule has 0 aliphatic carbocycles. The number of hydrogen-bond acceptors (Lipinski definition) is 5. The number of rotatable bonds is 4. The van der Waals surface area contributed by atoms with E-state index < -0.39 is 0 Å². The van der Waals surface area contributed by atoms with Gasteiger partial charge in [-0.15, -0.1) is 11.3 Å². The van der Waals surface area contributed by atoms with Crippen LogP contribution in [0.25, 0.3) is 11.3 Å². The normalized spacial score (nSPS) is 15.8. The smallest absolute Gasteiger partial charge is 0.416 e. The van der Waals surface area contributed by atoms with E-state index in [9.17, 15) is 4.79 Å².